The van der Waals surface area contributed by atoms with Gasteiger partial charge >= 0.3 is 5.97 Å². The molecule has 3 nitrogen and oxygen atoms in total. The van der Waals surface area contributed by atoms with Crippen LogP contribution in [0.2, 0.25) is 0 Å². The van der Waals surface area contributed by atoms with Gasteiger partial charge in [0.05, 0.1) is 19.6 Å². The summed E-state index contributed by atoms with van der Waals surface area (Å²) in [4.78, 5) is 10.9. The number of benzene rings is 1. The van der Waals surface area contributed by atoms with Crippen LogP contribution in [0.25, 0.3) is 0 Å². The molecule has 0 aliphatic heterocycles. The highest BCUT2D eigenvalue weighted by Crippen LogP contribution is 2.21. The Labute approximate surface area is 87.5 Å². The second-order valence-electron chi connectivity index (χ2n) is 3.32. The lowest BCUT2D eigenvalue weighted by atomic mass is 10.0. The number of methoxy groups -OCH3 is 1. The third-order valence-corrected chi connectivity index (χ3v) is 2.10. The number of ether oxygens (including phenoxy) is 1. The quantitative estimate of drug-likeness (QED) is 0.776. The maximum Gasteiger partial charge on any atom is 0.308 e. The number of aliphatic hydroxyl groups is 1. The van der Waals surface area contributed by atoms with Gasteiger partial charge in [0, 0.05) is 5.56 Å². The van der Waals surface area contributed by atoms with E-state index in [1.807, 2.05) is 0 Å². The van der Waals surface area contributed by atoms with Crippen LogP contribution in [0.1, 0.15) is 23.7 Å². The van der Waals surface area contributed by atoms with E-state index < -0.39 is 17.9 Å². The van der Waals surface area contributed by atoms with E-state index in [0.29, 0.717) is 0 Å². The van der Waals surface area contributed by atoms with E-state index in [1.165, 1.54) is 19.2 Å². The van der Waals surface area contributed by atoms with Crippen molar-refractivity contribution in [1.29, 1.82) is 0 Å². The van der Waals surface area contributed by atoms with Crippen LogP contribution >= 0.6 is 0 Å². The number of hydrogen-bond donors (Lipinski definition) is 1. The van der Waals surface area contributed by atoms with Gasteiger partial charge in [-0.3, -0.25) is 4.79 Å². The average Bonchev–Trinajstić information content (AvgIpc) is 2.21. The molecule has 82 valence electrons. The minimum atomic E-state index is -1.16. The van der Waals surface area contributed by atoms with Crippen LogP contribution in [0.5, 0.6) is 0 Å². The van der Waals surface area contributed by atoms with Crippen LogP contribution in [-0.2, 0) is 9.53 Å². The zero-order chi connectivity index (χ0) is 11.4. The molecule has 1 rings (SSSR count). The number of carbonyl (C=O) groups is 1. The Kier molecular flexibility index (Phi) is 3.80. The number of aliphatic hydroxyl groups excluding tert-OH is 1. The van der Waals surface area contributed by atoms with Gasteiger partial charge in [0.15, 0.2) is 0 Å². The van der Waals surface area contributed by atoms with Crippen molar-refractivity contribution in [3.05, 3.63) is 35.1 Å². The van der Waals surface area contributed by atoms with Crippen molar-refractivity contribution >= 4 is 5.97 Å². The second-order valence-corrected chi connectivity index (χ2v) is 3.32. The molecule has 0 heterocycles. The molecule has 1 aromatic rings. The highest BCUT2D eigenvalue weighted by atomic mass is 19.1. The monoisotopic (exact) mass is 212 g/mol. The van der Waals surface area contributed by atoms with Gasteiger partial charge in [0.2, 0.25) is 0 Å². The van der Waals surface area contributed by atoms with Gasteiger partial charge in [0.25, 0.3) is 0 Å². The first-order chi connectivity index (χ1) is 7.04. The van der Waals surface area contributed by atoms with E-state index in [-0.39, 0.29) is 12.0 Å². The standard InChI is InChI=1S/C11H13FO3/c1-7-3-4-9(12)8(5-7)10(13)6-11(14)15-2/h3-5,10,13H,6H2,1-2H3. The number of halogens is 1. The van der Waals surface area contributed by atoms with Gasteiger partial charge in [-0.25, -0.2) is 4.39 Å². The number of rotatable bonds is 3. The summed E-state index contributed by atoms with van der Waals surface area (Å²) in [6, 6.07) is 4.39. The van der Waals surface area contributed by atoms with Crippen molar-refractivity contribution < 1.29 is 19.0 Å². The van der Waals surface area contributed by atoms with Crippen LogP contribution in [-0.4, -0.2) is 18.2 Å². The molecule has 0 saturated carbocycles. The van der Waals surface area contributed by atoms with Gasteiger partial charge in [-0.05, 0) is 13.0 Å². The molecule has 0 saturated heterocycles. The Morgan fingerprint density at radius 2 is 2.27 bits per heavy atom. The maximum absolute atomic E-state index is 13.3. The lowest BCUT2D eigenvalue weighted by molar-refractivity contribution is -0.142. The fourth-order valence-electron chi connectivity index (χ4n) is 1.27. The highest BCUT2D eigenvalue weighted by Gasteiger charge is 2.16. The van der Waals surface area contributed by atoms with Crippen LogP contribution in [0.4, 0.5) is 4.39 Å². The van der Waals surface area contributed by atoms with Gasteiger partial charge in [0.1, 0.15) is 5.82 Å². The SMILES string of the molecule is COC(=O)CC(O)c1cc(C)ccc1F. The molecular formula is C11H13FO3. The molecule has 0 fully saturated rings. The summed E-state index contributed by atoms with van der Waals surface area (Å²) in [5, 5.41) is 9.59. The first-order valence-electron chi connectivity index (χ1n) is 4.55. The Morgan fingerprint density at radius 3 is 2.87 bits per heavy atom. The third kappa shape index (κ3) is 3.02. The maximum atomic E-state index is 13.3. The number of carbonyl (C=O) groups excluding carboxylic acids is 1. The summed E-state index contributed by atoms with van der Waals surface area (Å²) in [5.41, 5.74) is 0.954. The molecule has 0 bridgehead atoms. The van der Waals surface area contributed by atoms with Crippen molar-refractivity contribution in [2.24, 2.45) is 0 Å². The lowest BCUT2D eigenvalue weighted by Gasteiger charge is -2.11. The van der Waals surface area contributed by atoms with E-state index in [4.69, 9.17) is 0 Å². The van der Waals surface area contributed by atoms with E-state index in [1.54, 1.807) is 13.0 Å². The van der Waals surface area contributed by atoms with E-state index in [9.17, 15) is 14.3 Å². The fraction of sp³-hybridized carbons (Fsp3) is 0.364. The average molecular weight is 212 g/mol. The fourth-order valence-corrected chi connectivity index (χ4v) is 1.27. The number of esters is 1. The van der Waals surface area contributed by atoms with Crippen LogP contribution in [0, 0.1) is 12.7 Å². The summed E-state index contributed by atoms with van der Waals surface area (Å²) < 4.78 is 17.7. The minimum absolute atomic E-state index is 0.125. The summed E-state index contributed by atoms with van der Waals surface area (Å²) in [6.07, 6.45) is -1.39. The third-order valence-electron chi connectivity index (χ3n) is 2.10. The summed E-state index contributed by atoms with van der Waals surface area (Å²) in [5.74, 6) is -1.08. The minimum Gasteiger partial charge on any atom is -0.469 e. The highest BCUT2D eigenvalue weighted by molar-refractivity contribution is 5.70. The largest absolute Gasteiger partial charge is 0.469 e. The molecule has 1 unspecified atom stereocenters. The lowest BCUT2D eigenvalue weighted by Crippen LogP contribution is -2.09. The Balaban J connectivity index is 2.85. The molecule has 0 aliphatic rings. The molecule has 4 heteroatoms. The molecule has 1 aromatic carbocycles. The van der Waals surface area contributed by atoms with Crippen LogP contribution in [0.3, 0.4) is 0 Å². The predicted molar refractivity (Wildman–Crippen MR) is 52.7 cm³/mol. The zero-order valence-electron chi connectivity index (χ0n) is 8.66. The second kappa shape index (κ2) is 4.89. The molecule has 0 aliphatic carbocycles. The van der Waals surface area contributed by atoms with Crippen molar-refractivity contribution in [1.82, 2.24) is 0 Å². The summed E-state index contributed by atoms with van der Waals surface area (Å²) in [6.45, 7) is 1.79. The van der Waals surface area contributed by atoms with Crippen molar-refractivity contribution in [3.63, 3.8) is 0 Å². The van der Waals surface area contributed by atoms with E-state index >= 15 is 0 Å². The molecule has 15 heavy (non-hydrogen) atoms. The topological polar surface area (TPSA) is 46.5 Å². The molecule has 0 spiro atoms. The predicted octanol–water partition coefficient (Wildman–Crippen LogP) is 1.73. The van der Waals surface area contributed by atoms with E-state index in [2.05, 4.69) is 4.74 Å². The van der Waals surface area contributed by atoms with Crippen molar-refractivity contribution in [3.8, 4) is 0 Å². The van der Waals surface area contributed by atoms with Crippen LogP contribution in [0.15, 0.2) is 18.2 Å². The smallest absolute Gasteiger partial charge is 0.308 e. The van der Waals surface area contributed by atoms with Gasteiger partial charge in [-0.1, -0.05) is 17.7 Å². The Morgan fingerprint density at radius 1 is 1.60 bits per heavy atom. The Bertz CT molecular complexity index is 363. The van der Waals surface area contributed by atoms with Gasteiger partial charge < -0.3 is 9.84 Å². The van der Waals surface area contributed by atoms with E-state index in [0.717, 1.165) is 5.56 Å². The summed E-state index contributed by atoms with van der Waals surface area (Å²) in [7, 11) is 1.22. The van der Waals surface area contributed by atoms with Gasteiger partial charge in [-0.2, -0.15) is 0 Å². The molecule has 0 aromatic heterocycles. The molecule has 1 atom stereocenters. The first kappa shape index (κ1) is 11.7. The molecular weight excluding hydrogens is 199 g/mol. The molecule has 1 N–H and O–H groups in total. The number of hydrogen-bond acceptors (Lipinski definition) is 3. The first-order valence-corrected chi connectivity index (χ1v) is 4.55. The Hall–Kier alpha value is -1.42. The van der Waals surface area contributed by atoms with Crippen LogP contribution < -0.4 is 0 Å². The normalized spacial score (nSPS) is 12.3. The van der Waals surface area contributed by atoms with Crippen molar-refractivity contribution in [2.75, 3.05) is 7.11 Å². The molecule has 0 amide bonds. The zero-order valence-corrected chi connectivity index (χ0v) is 8.66. The van der Waals surface area contributed by atoms with Gasteiger partial charge in [-0.15, -0.1) is 0 Å². The number of aryl methyl sites for hydroxylation is 1. The summed E-state index contributed by atoms with van der Waals surface area (Å²) >= 11 is 0. The molecule has 0 radical (unpaired) electrons. The van der Waals surface area contributed by atoms with Crippen molar-refractivity contribution in [2.45, 2.75) is 19.4 Å².